The van der Waals surface area contributed by atoms with E-state index in [1.165, 1.54) is 16.8 Å². The van der Waals surface area contributed by atoms with E-state index in [1.54, 1.807) is 4.90 Å². The molecular formula is C17H30N5O8. The molecule has 0 spiro atoms. The number of hydrogen-bond donors (Lipinski definition) is 5. The Morgan fingerprint density at radius 3 is 1.53 bits per heavy atom. The fourth-order valence-electron chi connectivity index (χ4n) is 2.50. The SMILES string of the molecule is [CH2]NC(=O)CN(CCN(CCN(CCC(=O)O)CC(=O)NC)CC(=O)O)CC(=O)O. The van der Waals surface area contributed by atoms with Crippen LogP contribution in [0.3, 0.4) is 0 Å². The first-order valence-corrected chi connectivity index (χ1v) is 9.16. The highest BCUT2D eigenvalue weighted by Gasteiger charge is 2.18. The van der Waals surface area contributed by atoms with Crippen molar-refractivity contribution >= 4 is 29.7 Å². The molecular weight excluding hydrogens is 402 g/mol. The van der Waals surface area contributed by atoms with Crippen LogP contribution >= 0.6 is 0 Å². The quantitative estimate of drug-likeness (QED) is 0.160. The number of likely N-dealkylation sites (N-methyl/N-ethyl adjacent to an activating group) is 1. The highest BCUT2D eigenvalue weighted by molar-refractivity contribution is 5.79. The van der Waals surface area contributed by atoms with Crippen molar-refractivity contribution in [1.82, 2.24) is 25.3 Å². The van der Waals surface area contributed by atoms with Gasteiger partial charge in [0, 0.05) is 46.8 Å². The molecule has 0 bridgehead atoms. The average Bonchev–Trinajstić information content (AvgIpc) is 2.66. The number of rotatable bonds is 17. The van der Waals surface area contributed by atoms with E-state index >= 15 is 0 Å². The van der Waals surface area contributed by atoms with E-state index in [1.807, 2.05) is 0 Å². The maximum absolute atomic E-state index is 11.6. The van der Waals surface area contributed by atoms with Gasteiger partial charge in [-0.2, -0.15) is 0 Å². The Kier molecular flexibility index (Phi) is 13.7. The summed E-state index contributed by atoms with van der Waals surface area (Å²) in [5.74, 6) is -4.04. The third kappa shape index (κ3) is 14.3. The lowest BCUT2D eigenvalue weighted by Gasteiger charge is -2.28. The minimum atomic E-state index is -1.14. The van der Waals surface area contributed by atoms with Gasteiger partial charge in [0.15, 0.2) is 0 Å². The molecule has 0 rings (SSSR count). The van der Waals surface area contributed by atoms with E-state index in [9.17, 15) is 24.0 Å². The summed E-state index contributed by atoms with van der Waals surface area (Å²) in [6.45, 7) is -0.201. The molecule has 0 aliphatic carbocycles. The van der Waals surface area contributed by atoms with Crippen LogP contribution in [0, 0.1) is 7.05 Å². The molecule has 1 radical (unpaired) electrons. The van der Waals surface area contributed by atoms with Crippen molar-refractivity contribution < 1.29 is 39.3 Å². The molecule has 13 heteroatoms. The Morgan fingerprint density at radius 1 is 0.667 bits per heavy atom. The highest BCUT2D eigenvalue weighted by atomic mass is 16.4. The summed E-state index contributed by atoms with van der Waals surface area (Å²) in [5, 5.41) is 31.6. The Hall–Kier alpha value is -2.77. The number of hydrogen-bond acceptors (Lipinski definition) is 8. The fraction of sp³-hybridized carbons (Fsp3) is 0.647. The van der Waals surface area contributed by atoms with Gasteiger partial charge in [-0.05, 0) is 0 Å². The largest absolute Gasteiger partial charge is 0.481 e. The fourth-order valence-corrected chi connectivity index (χ4v) is 2.50. The lowest BCUT2D eigenvalue weighted by Crippen LogP contribution is -2.46. The van der Waals surface area contributed by atoms with Crippen LogP contribution in [0.1, 0.15) is 6.42 Å². The lowest BCUT2D eigenvalue weighted by molar-refractivity contribution is -0.140. The van der Waals surface area contributed by atoms with Crippen LogP contribution in [0.25, 0.3) is 0 Å². The number of aliphatic carboxylic acids is 3. The van der Waals surface area contributed by atoms with Gasteiger partial charge in [0.2, 0.25) is 11.8 Å². The molecule has 2 amide bonds. The summed E-state index contributed by atoms with van der Waals surface area (Å²) in [6, 6.07) is 0. The van der Waals surface area contributed by atoms with Gasteiger partial charge in [-0.15, -0.1) is 0 Å². The molecule has 0 saturated carbocycles. The maximum Gasteiger partial charge on any atom is 0.317 e. The molecule has 5 N–H and O–H groups in total. The van der Waals surface area contributed by atoms with Crippen LogP contribution in [-0.2, 0) is 24.0 Å². The molecule has 0 aliphatic heterocycles. The number of carbonyl (C=O) groups is 5. The van der Waals surface area contributed by atoms with Gasteiger partial charge >= 0.3 is 17.9 Å². The monoisotopic (exact) mass is 432 g/mol. The number of nitrogens with zero attached hydrogens (tertiary/aromatic N) is 3. The summed E-state index contributed by atoms with van der Waals surface area (Å²) in [5.41, 5.74) is 0. The van der Waals surface area contributed by atoms with Crippen molar-refractivity contribution in [3.05, 3.63) is 7.05 Å². The zero-order valence-electron chi connectivity index (χ0n) is 17.0. The van der Waals surface area contributed by atoms with E-state index in [2.05, 4.69) is 17.7 Å². The standard InChI is InChI=1S/C17H30N5O8/c1-18-13(23)9-20(4-3-15(25)26)5-6-21(11-16(27)28)7-8-22(12-17(29)30)10-14(24)19-2/h2-12H2,1H3,(H,18,23)(H,19,24)(H,25,26)(H,27,28)(H,29,30). The Labute approximate surface area is 174 Å². The third-order valence-corrected chi connectivity index (χ3v) is 4.03. The minimum absolute atomic E-state index is 0.0422. The first-order chi connectivity index (χ1) is 14.1. The maximum atomic E-state index is 11.6. The van der Waals surface area contributed by atoms with Gasteiger partial charge in [-0.25, -0.2) is 0 Å². The van der Waals surface area contributed by atoms with Gasteiger partial charge in [0.25, 0.3) is 0 Å². The predicted molar refractivity (Wildman–Crippen MR) is 104 cm³/mol. The second-order valence-corrected chi connectivity index (χ2v) is 6.47. The Bertz CT molecular complexity index is 601. The Balaban J connectivity index is 4.97. The summed E-state index contributed by atoms with van der Waals surface area (Å²) in [7, 11) is 4.67. The molecule has 0 atom stereocenters. The van der Waals surface area contributed by atoms with E-state index in [4.69, 9.17) is 15.3 Å². The topological polar surface area (TPSA) is 180 Å². The zero-order valence-corrected chi connectivity index (χ0v) is 17.0. The van der Waals surface area contributed by atoms with Crippen LogP contribution in [-0.4, -0.2) is 126 Å². The average molecular weight is 432 g/mol. The van der Waals surface area contributed by atoms with Gasteiger partial charge < -0.3 is 26.0 Å². The van der Waals surface area contributed by atoms with E-state index in [0.29, 0.717) is 0 Å². The minimum Gasteiger partial charge on any atom is -0.481 e. The van der Waals surface area contributed by atoms with Gasteiger partial charge in [0.1, 0.15) is 0 Å². The summed E-state index contributed by atoms with van der Waals surface area (Å²) >= 11 is 0. The molecule has 0 fully saturated rings. The molecule has 0 heterocycles. The van der Waals surface area contributed by atoms with E-state index in [-0.39, 0.29) is 64.7 Å². The Morgan fingerprint density at radius 2 is 1.10 bits per heavy atom. The van der Waals surface area contributed by atoms with Crippen molar-refractivity contribution in [1.29, 1.82) is 0 Å². The van der Waals surface area contributed by atoms with Crippen molar-refractivity contribution in [3.8, 4) is 0 Å². The van der Waals surface area contributed by atoms with Crippen molar-refractivity contribution in [2.75, 3.05) is 66.0 Å². The van der Waals surface area contributed by atoms with Gasteiger partial charge in [-0.3, -0.25) is 38.7 Å². The normalized spacial score (nSPS) is 11.0. The zero-order chi connectivity index (χ0) is 23.1. The molecule has 0 saturated heterocycles. The molecule has 0 aliphatic rings. The number of amides is 2. The highest BCUT2D eigenvalue weighted by Crippen LogP contribution is 1.98. The molecule has 171 valence electrons. The first-order valence-electron chi connectivity index (χ1n) is 9.16. The summed E-state index contributed by atoms with van der Waals surface area (Å²) < 4.78 is 0. The molecule has 0 aromatic rings. The number of nitrogens with one attached hydrogen (secondary N) is 2. The summed E-state index contributed by atoms with van der Waals surface area (Å²) in [6.07, 6.45) is -0.178. The lowest BCUT2D eigenvalue weighted by atomic mass is 10.3. The second-order valence-electron chi connectivity index (χ2n) is 6.47. The van der Waals surface area contributed by atoms with E-state index in [0.717, 1.165) is 0 Å². The summed E-state index contributed by atoms with van der Waals surface area (Å²) in [4.78, 5) is 60.5. The van der Waals surface area contributed by atoms with Crippen LogP contribution in [0.4, 0.5) is 0 Å². The number of carbonyl (C=O) groups excluding carboxylic acids is 2. The van der Waals surface area contributed by atoms with Crippen LogP contribution in [0.2, 0.25) is 0 Å². The smallest absolute Gasteiger partial charge is 0.317 e. The molecule has 0 aromatic carbocycles. The van der Waals surface area contributed by atoms with Crippen molar-refractivity contribution in [2.24, 2.45) is 0 Å². The van der Waals surface area contributed by atoms with Crippen LogP contribution in [0.15, 0.2) is 0 Å². The first kappa shape index (κ1) is 27.2. The van der Waals surface area contributed by atoms with Gasteiger partial charge in [-0.1, -0.05) is 0 Å². The molecule has 0 unspecified atom stereocenters. The molecule has 30 heavy (non-hydrogen) atoms. The van der Waals surface area contributed by atoms with Crippen molar-refractivity contribution in [2.45, 2.75) is 6.42 Å². The second kappa shape index (κ2) is 15.1. The third-order valence-electron chi connectivity index (χ3n) is 4.03. The molecule has 0 aromatic heterocycles. The van der Waals surface area contributed by atoms with Crippen LogP contribution < -0.4 is 10.6 Å². The van der Waals surface area contributed by atoms with E-state index < -0.39 is 30.4 Å². The van der Waals surface area contributed by atoms with Gasteiger partial charge in [0.05, 0.1) is 32.6 Å². The number of carboxylic acid groups (broad SMARTS) is 3. The number of carboxylic acids is 3. The molecule has 13 nitrogen and oxygen atoms in total. The van der Waals surface area contributed by atoms with Crippen molar-refractivity contribution in [3.63, 3.8) is 0 Å². The van der Waals surface area contributed by atoms with Crippen LogP contribution in [0.5, 0.6) is 0 Å². The predicted octanol–water partition coefficient (Wildman–Crippen LogP) is -2.81.